The predicted molar refractivity (Wildman–Crippen MR) is 80.0 cm³/mol. The van der Waals surface area contributed by atoms with Crippen molar-refractivity contribution in [2.45, 2.75) is 24.8 Å². The van der Waals surface area contributed by atoms with Gasteiger partial charge in [-0.05, 0) is 31.5 Å². The number of hydrogen-bond donors (Lipinski definition) is 1. The van der Waals surface area contributed by atoms with Crippen LogP contribution in [0.4, 0.5) is 0 Å². The third-order valence-electron chi connectivity index (χ3n) is 2.89. The summed E-state index contributed by atoms with van der Waals surface area (Å²) in [6.45, 7) is 4.22. The first-order valence-corrected chi connectivity index (χ1v) is 7.15. The van der Waals surface area contributed by atoms with Crippen LogP contribution in [0.25, 0.3) is 0 Å². The Morgan fingerprint density at radius 3 is 2.33 bits per heavy atom. The molecule has 0 heterocycles. The Labute approximate surface area is 113 Å². The fourth-order valence-electron chi connectivity index (χ4n) is 1.89. The van der Waals surface area contributed by atoms with Crippen LogP contribution in [0.2, 0.25) is 0 Å². The van der Waals surface area contributed by atoms with Crippen LogP contribution < -0.4 is 5.73 Å². The molecule has 1 atom stereocenters. The molecule has 1 nitrogen and oxygen atoms in total. The second kappa shape index (κ2) is 6.07. The molecule has 2 heteroatoms. The molecule has 1 unspecified atom stereocenters. The standard InChI is InChI=1S/C16H19NS/c1-12-5-3-7-14(9-12)16(17)11-18-15-8-4-6-13(2)10-15/h3-10,16H,11,17H2,1-2H3. The molecular formula is C16H19NS. The highest BCUT2D eigenvalue weighted by atomic mass is 32.2. The molecule has 0 radical (unpaired) electrons. The smallest absolute Gasteiger partial charge is 0.0390 e. The van der Waals surface area contributed by atoms with E-state index in [0.29, 0.717) is 0 Å². The van der Waals surface area contributed by atoms with Crippen LogP contribution >= 0.6 is 11.8 Å². The van der Waals surface area contributed by atoms with E-state index in [1.54, 1.807) is 0 Å². The quantitative estimate of drug-likeness (QED) is 0.835. The summed E-state index contributed by atoms with van der Waals surface area (Å²) in [5.74, 6) is 0.910. The van der Waals surface area contributed by atoms with Crippen LogP contribution in [0.1, 0.15) is 22.7 Å². The summed E-state index contributed by atoms with van der Waals surface area (Å²) in [6.07, 6.45) is 0. The Morgan fingerprint density at radius 2 is 1.67 bits per heavy atom. The van der Waals surface area contributed by atoms with E-state index in [9.17, 15) is 0 Å². The first-order chi connectivity index (χ1) is 8.65. The van der Waals surface area contributed by atoms with Gasteiger partial charge in [0.2, 0.25) is 0 Å². The van der Waals surface area contributed by atoms with Crippen molar-refractivity contribution in [3.63, 3.8) is 0 Å². The zero-order valence-electron chi connectivity index (χ0n) is 10.9. The molecule has 0 saturated heterocycles. The molecule has 18 heavy (non-hydrogen) atoms. The summed E-state index contributed by atoms with van der Waals surface area (Å²) in [4.78, 5) is 1.29. The molecular weight excluding hydrogens is 238 g/mol. The van der Waals surface area contributed by atoms with Gasteiger partial charge in [-0.2, -0.15) is 0 Å². The van der Waals surface area contributed by atoms with Gasteiger partial charge in [-0.25, -0.2) is 0 Å². The third kappa shape index (κ3) is 3.62. The molecule has 0 saturated carbocycles. The fraction of sp³-hybridized carbons (Fsp3) is 0.250. The van der Waals surface area contributed by atoms with Gasteiger partial charge in [-0.15, -0.1) is 11.8 Å². The lowest BCUT2D eigenvalue weighted by atomic mass is 10.1. The van der Waals surface area contributed by atoms with Crippen molar-refractivity contribution < 1.29 is 0 Å². The lowest BCUT2D eigenvalue weighted by Crippen LogP contribution is -2.12. The van der Waals surface area contributed by atoms with Crippen molar-refractivity contribution in [1.29, 1.82) is 0 Å². The van der Waals surface area contributed by atoms with Crippen LogP contribution in [-0.4, -0.2) is 5.75 Å². The summed E-state index contributed by atoms with van der Waals surface area (Å²) in [7, 11) is 0. The minimum Gasteiger partial charge on any atom is -0.323 e. The van der Waals surface area contributed by atoms with Crippen molar-refractivity contribution in [3.05, 3.63) is 65.2 Å². The monoisotopic (exact) mass is 257 g/mol. The predicted octanol–water partition coefficient (Wildman–Crippen LogP) is 4.10. The van der Waals surface area contributed by atoms with Crippen LogP contribution in [0.5, 0.6) is 0 Å². The maximum Gasteiger partial charge on any atom is 0.0390 e. The second-order valence-corrected chi connectivity index (χ2v) is 5.74. The molecule has 2 N–H and O–H groups in total. The molecule has 0 amide bonds. The van der Waals surface area contributed by atoms with Crippen molar-refractivity contribution >= 4 is 11.8 Å². The molecule has 0 aromatic heterocycles. The minimum absolute atomic E-state index is 0.0930. The van der Waals surface area contributed by atoms with Gasteiger partial charge in [0.1, 0.15) is 0 Å². The highest BCUT2D eigenvalue weighted by Crippen LogP contribution is 2.24. The minimum atomic E-state index is 0.0930. The molecule has 0 bridgehead atoms. The summed E-state index contributed by atoms with van der Waals surface area (Å²) in [5.41, 5.74) is 10.0. The van der Waals surface area contributed by atoms with Gasteiger partial charge in [-0.1, -0.05) is 47.5 Å². The summed E-state index contributed by atoms with van der Waals surface area (Å²) < 4.78 is 0. The lowest BCUT2D eigenvalue weighted by Gasteiger charge is -2.12. The van der Waals surface area contributed by atoms with E-state index >= 15 is 0 Å². The van der Waals surface area contributed by atoms with E-state index in [0.717, 1.165) is 5.75 Å². The van der Waals surface area contributed by atoms with Crippen molar-refractivity contribution in [2.24, 2.45) is 5.73 Å². The highest BCUT2D eigenvalue weighted by molar-refractivity contribution is 7.99. The second-order valence-electron chi connectivity index (χ2n) is 4.65. The zero-order valence-corrected chi connectivity index (χ0v) is 11.7. The van der Waals surface area contributed by atoms with Gasteiger partial charge in [0.05, 0.1) is 0 Å². The highest BCUT2D eigenvalue weighted by Gasteiger charge is 2.06. The Balaban J connectivity index is 1.98. The Kier molecular flexibility index (Phi) is 4.45. The molecule has 2 aromatic carbocycles. The number of nitrogens with two attached hydrogens (primary N) is 1. The molecule has 2 aromatic rings. The van der Waals surface area contributed by atoms with E-state index in [-0.39, 0.29) is 6.04 Å². The first kappa shape index (κ1) is 13.2. The zero-order chi connectivity index (χ0) is 13.0. The van der Waals surface area contributed by atoms with Gasteiger partial charge >= 0.3 is 0 Å². The van der Waals surface area contributed by atoms with Gasteiger partial charge in [-0.3, -0.25) is 0 Å². The van der Waals surface area contributed by atoms with E-state index in [4.69, 9.17) is 5.73 Å². The first-order valence-electron chi connectivity index (χ1n) is 6.17. The Hall–Kier alpha value is -1.25. The number of aryl methyl sites for hydroxylation is 2. The number of benzene rings is 2. The SMILES string of the molecule is Cc1cccc(SCC(N)c2cccc(C)c2)c1. The van der Waals surface area contributed by atoms with E-state index in [1.807, 2.05) is 11.8 Å². The molecule has 0 fully saturated rings. The third-order valence-corrected chi connectivity index (χ3v) is 4.00. The van der Waals surface area contributed by atoms with Gasteiger partial charge < -0.3 is 5.73 Å². The van der Waals surface area contributed by atoms with Crippen molar-refractivity contribution in [1.82, 2.24) is 0 Å². The lowest BCUT2D eigenvalue weighted by molar-refractivity contribution is 0.830. The van der Waals surface area contributed by atoms with E-state index in [2.05, 4.69) is 62.4 Å². The molecule has 2 rings (SSSR count). The van der Waals surface area contributed by atoms with Crippen LogP contribution in [0.3, 0.4) is 0 Å². The summed E-state index contributed by atoms with van der Waals surface area (Å²) >= 11 is 1.82. The maximum absolute atomic E-state index is 6.23. The van der Waals surface area contributed by atoms with E-state index < -0.39 is 0 Å². The summed E-state index contributed by atoms with van der Waals surface area (Å²) in [6, 6.07) is 17.1. The van der Waals surface area contributed by atoms with E-state index in [1.165, 1.54) is 21.6 Å². The van der Waals surface area contributed by atoms with Gasteiger partial charge in [0, 0.05) is 16.7 Å². The average molecular weight is 257 g/mol. The van der Waals surface area contributed by atoms with Crippen LogP contribution in [-0.2, 0) is 0 Å². The van der Waals surface area contributed by atoms with Gasteiger partial charge in [0.15, 0.2) is 0 Å². The number of hydrogen-bond acceptors (Lipinski definition) is 2. The molecule has 0 spiro atoms. The Morgan fingerprint density at radius 1 is 1.00 bits per heavy atom. The van der Waals surface area contributed by atoms with Crippen molar-refractivity contribution in [3.8, 4) is 0 Å². The van der Waals surface area contributed by atoms with Crippen LogP contribution in [0.15, 0.2) is 53.4 Å². The Bertz CT molecular complexity index is 522. The van der Waals surface area contributed by atoms with Gasteiger partial charge in [0.25, 0.3) is 0 Å². The molecule has 0 aliphatic carbocycles. The topological polar surface area (TPSA) is 26.0 Å². The summed E-state index contributed by atoms with van der Waals surface area (Å²) in [5, 5.41) is 0. The molecule has 94 valence electrons. The molecule has 0 aliphatic heterocycles. The molecule has 0 aliphatic rings. The largest absolute Gasteiger partial charge is 0.323 e. The normalized spacial score (nSPS) is 12.4. The maximum atomic E-state index is 6.23. The van der Waals surface area contributed by atoms with Crippen LogP contribution in [0, 0.1) is 13.8 Å². The number of thioether (sulfide) groups is 1. The number of rotatable bonds is 4. The fourth-order valence-corrected chi connectivity index (χ4v) is 2.90. The van der Waals surface area contributed by atoms with Crippen molar-refractivity contribution in [2.75, 3.05) is 5.75 Å². The average Bonchev–Trinajstić information content (AvgIpc) is 2.36.